The number of benzene rings is 1. The van der Waals surface area contributed by atoms with Crippen molar-refractivity contribution in [2.75, 3.05) is 26.0 Å². The van der Waals surface area contributed by atoms with Gasteiger partial charge in [-0.25, -0.2) is 12.7 Å². The number of aliphatic hydroxyl groups is 1. The number of aromatic amines is 1. The summed E-state index contributed by atoms with van der Waals surface area (Å²) in [6.07, 6.45) is -0.602. The first-order valence-corrected chi connectivity index (χ1v) is 14.4. The van der Waals surface area contributed by atoms with Gasteiger partial charge in [0.2, 0.25) is 10.0 Å². The summed E-state index contributed by atoms with van der Waals surface area (Å²) in [5, 5.41) is 14.6. The van der Waals surface area contributed by atoms with Crippen LogP contribution in [0.25, 0.3) is 10.9 Å². The molecule has 0 spiro atoms. The molecule has 0 aliphatic heterocycles. The van der Waals surface area contributed by atoms with Crippen LogP contribution in [0.3, 0.4) is 0 Å². The van der Waals surface area contributed by atoms with Gasteiger partial charge in [0.25, 0.3) is 11.5 Å². The summed E-state index contributed by atoms with van der Waals surface area (Å²) in [5.41, 5.74) is 2.53. The maximum atomic E-state index is 13.4. The van der Waals surface area contributed by atoms with Gasteiger partial charge in [-0.2, -0.15) is 0 Å². The number of hydrogen-bond donors (Lipinski definition) is 3. The van der Waals surface area contributed by atoms with Gasteiger partial charge in [0, 0.05) is 35.4 Å². The molecule has 0 saturated carbocycles. The smallest absolute Gasteiger partial charge is 0.256 e. The third-order valence-corrected chi connectivity index (χ3v) is 8.97. The normalized spacial score (nSPS) is 13.6. The molecule has 2 atom stereocenters. The predicted octanol–water partition coefficient (Wildman–Crippen LogP) is 2.87. The van der Waals surface area contributed by atoms with Crippen LogP contribution in [-0.2, 0) is 16.6 Å². The first kappa shape index (κ1) is 29.4. The maximum absolute atomic E-state index is 13.4. The minimum atomic E-state index is -3.36. The Balaban J connectivity index is 1.89. The van der Waals surface area contributed by atoms with E-state index in [1.165, 1.54) is 11.4 Å². The van der Waals surface area contributed by atoms with Gasteiger partial charge in [-0.05, 0) is 46.2 Å². The zero-order valence-electron chi connectivity index (χ0n) is 22.9. The number of nitrogens with one attached hydrogen (secondary N) is 2. The minimum absolute atomic E-state index is 0.00659. The fourth-order valence-corrected chi connectivity index (χ4v) is 6.00. The molecule has 10 nitrogen and oxygen atoms in total. The van der Waals surface area contributed by atoms with Gasteiger partial charge in [-0.15, -0.1) is 0 Å². The Morgan fingerprint density at radius 2 is 1.92 bits per heavy atom. The van der Waals surface area contributed by atoms with Crippen LogP contribution in [-0.4, -0.2) is 65.3 Å². The maximum Gasteiger partial charge on any atom is 0.256 e. The van der Waals surface area contributed by atoms with Crippen LogP contribution >= 0.6 is 0 Å². The van der Waals surface area contributed by atoms with Crippen LogP contribution in [0.1, 0.15) is 60.5 Å². The summed E-state index contributed by atoms with van der Waals surface area (Å²) in [6.45, 7) is 9.32. The van der Waals surface area contributed by atoms with E-state index >= 15 is 0 Å². The molecule has 1 amide bonds. The Morgan fingerprint density at radius 3 is 2.55 bits per heavy atom. The number of rotatable bonds is 12. The van der Waals surface area contributed by atoms with Crippen LogP contribution in [0.4, 0.5) is 0 Å². The zero-order chi connectivity index (χ0) is 28.2. The molecule has 11 heteroatoms. The fraction of sp³-hybridized carbons (Fsp3) is 0.481. The number of pyridine rings is 1. The molecule has 0 aliphatic carbocycles. The van der Waals surface area contributed by atoms with Crippen LogP contribution in [0.2, 0.25) is 0 Å². The van der Waals surface area contributed by atoms with Gasteiger partial charge < -0.3 is 24.7 Å². The van der Waals surface area contributed by atoms with Crippen molar-refractivity contribution in [3.63, 3.8) is 0 Å². The minimum Gasteiger partial charge on any atom is -0.496 e. The number of nitrogens with zero attached hydrogens (tertiary/aromatic N) is 2. The molecule has 3 aromatic rings. The highest BCUT2D eigenvalue weighted by Crippen LogP contribution is 2.31. The van der Waals surface area contributed by atoms with Crippen molar-refractivity contribution in [3.8, 4) is 5.75 Å². The Morgan fingerprint density at radius 1 is 1.24 bits per heavy atom. The van der Waals surface area contributed by atoms with Crippen LogP contribution in [0.5, 0.6) is 5.75 Å². The lowest BCUT2D eigenvalue weighted by molar-refractivity contribution is 0.0946. The molecule has 0 aliphatic rings. The van der Waals surface area contributed by atoms with Gasteiger partial charge in [0.05, 0.1) is 42.7 Å². The van der Waals surface area contributed by atoms with Gasteiger partial charge in [0.15, 0.2) is 0 Å². The number of sulfonamides is 1. The molecule has 0 fully saturated rings. The Hall–Kier alpha value is -3.15. The quantitative estimate of drug-likeness (QED) is 0.320. The van der Waals surface area contributed by atoms with E-state index in [-0.39, 0.29) is 36.7 Å². The Labute approximate surface area is 223 Å². The highest BCUT2D eigenvalue weighted by atomic mass is 32.2. The zero-order valence-corrected chi connectivity index (χ0v) is 23.7. The number of methoxy groups -OCH3 is 1. The largest absolute Gasteiger partial charge is 0.496 e. The highest BCUT2D eigenvalue weighted by Gasteiger charge is 2.27. The molecule has 1 aromatic carbocycles. The third kappa shape index (κ3) is 5.95. The molecule has 0 saturated heterocycles. The van der Waals surface area contributed by atoms with E-state index in [0.717, 1.165) is 10.9 Å². The van der Waals surface area contributed by atoms with E-state index in [1.54, 1.807) is 26.8 Å². The van der Waals surface area contributed by atoms with E-state index in [4.69, 9.17) is 4.74 Å². The summed E-state index contributed by atoms with van der Waals surface area (Å²) < 4.78 is 33.2. The molecule has 38 heavy (non-hydrogen) atoms. The number of H-pyrrole nitrogens is 1. The summed E-state index contributed by atoms with van der Waals surface area (Å²) in [7, 11) is -1.88. The number of aromatic nitrogens is 2. The molecule has 3 N–H and O–H groups in total. The van der Waals surface area contributed by atoms with Crippen LogP contribution in [0.15, 0.2) is 35.1 Å². The molecular formula is C27H38N4O6S. The first-order chi connectivity index (χ1) is 18.0. The second-order valence-electron chi connectivity index (χ2n) is 9.35. The van der Waals surface area contributed by atoms with E-state index in [0.29, 0.717) is 34.8 Å². The number of hydrogen-bond acceptors (Lipinski definition) is 6. The third-order valence-electron chi connectivity index (χ3n) is 7.01. The van der Waals surface area contributed by atoms with E-state index in [9.17, 15) is 23.1 Å². The van der Waals surface area contributed by atoms with Gasteiger partial charge in [0.1, 0.15) is 5.75 Å². The van der Waals surface area contributed by atoms with E-state index in [1.807, 2.05) is 42.7 Å². The standard InChI is InChI=1S/C27H38N4O6S/c1-7-30(38(35,36)8-2)14-13-23(32)18(4)31-19(5)25(20-11-9-10-12-22(20)31)27(34)28-16-21-24(37-6)15-17(3)29-26(21)33/h9-12,15,18,23,32H,7-8,13-14,16H2,1-6H3,(H,28,34)(H,29,33)/t18-,23-/m1/s1. The number of carbonyl (C=O) groups excluding carboxylic acids is 1. The van der Waals surface area contributed by atoms with E-state index in [2.05, 4.69) is 10.3 Å². The van der Waals surface area contributed by atoms with Gasteiger partial charge >= 0.3 is 0 Å². The number of fused-ring (bicyclic) bond motifs is 1. The van der Waals surface area contributed by atoms with Crippen molar-refractivity contribution in [1.82, 2.24) is 19.2 Å². The topological polar surface area (TPSA) is 134 Å². The van der Waals surface area contributed by atoms with Crippen molar-refractivity contribution in [2.45, 2.75) is 59.7 Å². The van der Waals surface area contributed by atoms with Crippen molar-refractivity contribution < 1.29 is 23.1 Å². The number of aliphatic hydroxyl groups excluding tert-OH is 1. The number of carbonyl (C=O) groups is 1. The van der Waals surface area contributed by atoms with Gasteiger partial charge in [-0.3, -0.25) is 9.59 Å². The highest BCUT2D eigenvalue weighted by molar-refractivity contribution is 7.89. The van der Waals surface area contributed by atoms with E-state index < -0.39 is 22.2 Å². The molecular weight excluding hydrogens is 508 g/mol. The monoisotopic (exact) mass is 546 g/mol. The average molecular weight is 547 g/mol. The van der Waals surface area contributed by atoms with Crippen molar-refractivity contribution in [1.29, 1.82) is 0 Å². The Bertz CT molecular complexity index is 1460. The number of para-hydroxylation sites is 1. The van der Waals surface area contributed by atoms with Crippen LogP contribution in [0, 0.1) is 13.8 Å². The number of amides is 1. The fourth-order valence-electron chi connectivity index (χ4n) is 4.86. The number of aryl methyl sites for hydroxylation is 1. The number of ether oxygens (including phenoxy) is 1. The molecule has 0 radical (unpaired) electrons. The SMILES string of the molecule is CCN(CC[C@@H](O)[C@@H](C)n1c(C)c(C(=O)NCc2c(OC)cc(C)[nH]c2=O)c2ccccc21)S(=O)(=O)CC. The molecule has 2 heterocycles. The molecule has 208 valence electrons. The molecule has 0 unspecified atom stereocenters. The van der Waals surface area contributed by atoms with Crippen LogP contribution < -0.4 is 15.6 Å². The summed E-state index contributed by atoms with van der Waals surface area (Å²) >= 11 is 0. The summed E-state index contributed by atoms with van der Waals surface area (Å²) in [6, 6.07) is 8.71. The molecule has 2 aromatic heterocycles. The Kier molecular flexibility index (Phi) is 9.40. The lowest BCUT2D eigenvalue weighted by atomic mass is 10.1. The van der Waals surface area contributed by atoms with Crippen molar-refractivity contribution >= 4 is 26.8 Å². The second-order valence-corrected chi connectivity index (χ2v) is 11.6. The second kappa shape index (κ2) is 12.1. The lowest BCUT2D eigenvalue weighted by Crippen LogP contribution is -2.36. The van der Waals surface area contributed by atoms with Gasteiger partial charge in [-0.1, -0.05) is 25.1 Å². The summed E-state index contributed by atoms with van der Waals surface area (Å²) in [5.74, 6) is 0.0492. The lowest BCUT2D eigenvalue weighted by Gasteiger charge is -2.26. The average Bonchev–Trinajstić information content (AvgIpc) is 3.18. The molecule has 3 rings (SSSR count). The summed E-state index contributed by atoms with van der Waals surface area (Å²) in [4.78, 5) is 28.6. The van der Waals surface area contributed by atoms with Crippen molar-refractivity contribution in [2.24, 2.45) is 0 Å². The predicted molar refractivity (Wildman–Crippen MR) is 148 cm³/mol. The first-order valence-electron chi connectivity index (χ1n) is 12.8. The molecule has 0 bridgehead atoms. The van der Waals surface area contributed by atoms with Crippen molar-refractivity contribution in [3.05, 3.63) is 63.2 Å².